The minimum atomic E-state index is 0.256. The van der Waals surface area contributed by atoms with Crippen molar-refractivity contribution in [2.75, 3.05) is 26.1 Å². The zero-order valence-corrected chi connectivity index (χ0v) is 10.9. The summed E-state index contributed by atoms with van der Waals surface area (Å²) < 4.78 is 10.0. The second-order valence-corrected chi connectivity index (χ2v) is 4.35. The Labute approximate surface area is 106 Å². The smallest absolute Gasteiger partial charge is 0.324 e. The van der Waals surface area contributed by atoms with Gasteiger partial charge in [0.05, 0.1) is 14.2 Å². The summed E-state index contributed by atoms with van der Waals surface area (Å²) in [6.07, 6.45) is 2.08. The summed E-state index contributed by atoms with van der Waals surface area (Å²) in [5, 5.41) is 6.70. The summed E-state index contributed by atoms with van der Waals surface area (Å²) >= 11 is 0. The maximum Gasteiger partial charge on any atom is 0.324 e. The predicted molar refractivity (Wildman–Crippen MR) is 67.0 cm³/mol. The highest BCUT2D eigenvalue weighted by atomic mass is 16.5. The molecule has 1 aliphatic heterocycles. The van der Waals surface area contributed by atoms with Crippen LogP contribution in [0.5, 0.6) is 12.0 Å². The van der Waals surface area contributed by atoms with Gasteiger partial charge in [-0.05, 0) is 26.3 Å². The number of methoxy groups -OCH3 is 2. The molecule has 2 atom stereocenters. The Hall–Kier alpha value is -1.63. The summed E-state index contributed by atoms with van der Waals surface area (Å²) in [5.41, 5.74) is 0. The van der Waals surface area contributed by atoms with E-state index in [0.717, 1.165) is 19.4 Å². The van der Waals surface area contributed by atoms with E-state index in [2.05, 4.69) is 32.5 Å². The van der Waals surface area contributed by atoms with Gasteiger partial charge in [0.25, 0.3) is 0 Å². The third-order valence-electron chi connectivity index (χ3n) is 2.92. The van der Waals surface area contributed by atoms with Crippen molar-refractivity contribution in [1.29, 1.82) is 0 Å². The highest BCUT2D eigenvalue weighted by Crippen LogP contribution is 2.16. The number of aromatic nitrogens is 3. The van der Waals surface area contributed by atoms with Crippen LogP contribution in [-0.4, -0.2) is 47.8 Å². The second-order valence-electron chi connectivity index (χ2n) is 4.35. The van der Waals surface area contributed by atoms with Crippen molar-refractivity contribution in [2.24, 2.45) is 0 Å². The van der Waals surface area contributed by atoms with Crippen LogP contribution in [0.1, 0.15) is 19.8 Å². The molecule has 7 nitrogen and oxygen atoms in total. The van der Waals surface area contributed by atoms with Crippen molar-refractivity contribution in [1.82, 2.24) is 20.3 Å². The van der Waals surface area contributed by atoms with Gasteiger partial charge in [0, 0.05) is 12.1 Å². The first-order valence-corrected chi connectivity index (χ1v) is 6.05. The first-order chi connectivity index (χ1) is 8.71. The standard InChI is InChI=1S/C11H19N5O2/c1-7-6-8(4-5-12-7)13-9-14-10(17-2)16-11(15-9)18-3/h7-8,12H,4-6H2,1-3H3,(H,13,14,15,16). The van der Waals surface area contributed by atoms with E-state index in [4.69, 9.17) is 9.47 Å². The minimum Gasteiger partial charge on any atom is -0.467 e. The molecular formula is C11H19N5O2. The highest BCUT2D eigenvalue weighted by molar-refractivity contribution is 5.29. The number of ether oxygens (including phenoxy) is 2. The Kier molecular flexibility index (Phi) is 4.14. The van der Waals surface area contributed by atoms with Gasteiger partial charge in [-0.1, -0.05) is 0 Å². The van der Waals surface area contributed by atoms with Crippen molar-refractivity contribution in [3.8, 4) is 12.0 Å². The Morgan fingerprint density at radius 2 is 1.83 bits per heavy atom. The summed E-state index contributed by atoms with van der Waals surface area (Å²) in [5.74, 6) is 0.498. The van der Waals surface area contributed by atoms with E-state index in [1.165, 1.54) is 14.2 Å². The molecule has 0 spiro atoms. The van der Waals surface area contributed by atoms with Crippen LogP contribution >= 0.6 is 0 Å². The molecule has 0 aromatic carbocycles. The molecule has 2 heterocycles. The Bertz CT molecular complexity index is 379. The predicted octanol–water partition coefficient (Wildman–Crippen LogP) is 0.441. The number of hydrogen-bond acceptors (Lipinski definition) is 7. The van der Waals surface area contributed by atoms with Gasteiger partial charge in [-0.25, -0.2) is 0 Å². The quantitative estimate of drug-likeness (QED) is 0.805. The Balaban J connectivity index is 2.07. The number of anilines is 1. The zero-order chi connectivity index (χ0) is 13.0. The molecule has 2 unspecified atom stereocenters. The van der Waals surface area contributed by atoms with Gasteiger partial charge < -0.3 is 20.1 Å². The van der Waals surface area contributed by atoms with Gasteiger partial charge in [0.2, 0.25) is 5.95 Å². The van der Waals surface area contributed by atoms with Crippen LogP contribution in [-0.2, 0) is 0 Å². The fraction of sp³-hybridized carbons (Fsp3) is 0.727. The average Bonchev–Trinajstić information content (AvgIpc) is 2.38. The lowest BCUT2D eigenvalue weighted by atomic mass is 10.0. The van der Waals surface area contributed by atoms with E-state index >= 15 is 0 Å². The van der Waals surface area contributed by atoms with Gasteiger partial charge in [-0.15, -0.1) is 4.98 Å². The van der Waals surface area contributed by atoms with Crippen molar-refractivity contribution in [2.45, 2.75) is 31.8 Å². The molecule has 1 saturated heterocycles. The molecule has 1 fully saturated rings. The van der Waals surface area contributed by atoms with Crippen LogP contribution in [0.25, 0.3) is 0 Å². The van der Waals surface area contributed by atoms with Crippen molar-refractivity contribution in [3.63, 3.8) is 0 Å². The molecule has 1 aromatic heterocycles. The Morgan fingerprint density at radius 3 is 2.39 bits per heavy atom. The highest BCUT2D eigenvalue weighted by Gasteiger charge is 2.19. The first kappa shape index (κ1) is 12.8. The largest absolute Gasteiger partial charge is 0.467 e. The van der Waals surface area contributed by atoms with Gasteiger partial charge in [-0.3, -0.25) is 0 Å². The lowest BCUT2D eigenvalue weighted by molar-refractivity contribution is 0.339. The van der Waals surface area contributed by atoms with Gasteiger partial charge >= 0.3 is 12.0 Å². The maximum absolute atomic E-state index is 5.01. The zero-order valence-electron chi connectivity index (χ0n) is 10.9. The summed E-state index contributed by atoms with van der Waals surface area (Å²) in [7, 11) is 3.04. The SMILES string of the molecule is COc1nc(NC2CCNC(C)C2)nc(OC)n1. The third-order valence-corrected chi connectivity index (χ3v) is 2.92. The molecule has 2 N–H and O–H groups in total. The fourth-order valence-electron chi connectivity index (χ4n) is 2.03. The van der Waals surface area contributed by atoms with Crippen molar-refractivity contribution in [3.05, 3.63) is 0 Å². The van der Waals surface area contributed by atoms with Gasteiger partial charge in [0.15, 0.2) is 0 Å². The minimum absolute atomic E-state index is 0.256. The maximum atomic E-state index is 5.01. The van der Waals surface area contributed by atoms with E-state index < -0.39 is 0 Å². The lowest BCUT2D eigenvalue weighted by Gasteiger charge is -2.28. The number of nitrogens with one attached hydrogen (secondary N) is 2. The van der Waals surface area contributed by atoms with E-state index in [1.54, 1.807) is 0 Å². The topological polar surface area (TPSA) is 81.2 Å². The van der Waals surface area contributed by atoms with Crippen LogP contribution in [0.15, 0.2) is 0 Å². The number of piperidine rings is 1. The molecule has 0 radical (unpaired) electrons. The normalized spacial score (nSPS) is 23.5. The number of hydrogen-bond donors (Lipinski definition) is 2. The third kappa shape index (κ3) is 3.19. The monoisotopic (exact) mass is 253 g/mol. The molecule has 18 heavy (non-hydrogen) atoms. The molecule has 2 rings (SSSR count). The summed E-state index contributed by atoms with van der Waals surface area (Å²) in [4.78, 5) is 12.3. The number of rotatable bonds is 4. The molecule has 0 saturated carbocycles. The first-order valence-electron chi connectivity index (χ1n) is 6.05. The molecule has 0 amide bonds. The molecule has 1 aliphatic rings. The van der Waals surface area contributed by atoms with Crippen LogP contribution in [0.2, 0.25) is 0 Å². The van der Waals surface area contributed by atoms with E-state index in [9.17, 15) is 0 Å². The van der Waals surface area contributed by atoms with E-state index in [1.807, 2.05) is 0 Å². The van der Waals surface area contributed by atoms with Crippen molar-refractivity contribution >= 4 is 5.95 Å². The van der Waals surface area contributed by atoms with Crippen LogP contribution in [0.3, 0.4) is 0 Å². The summed E-state index contributed by atoms with van der Waals surface area (Å²) in [6, 6.07) is 1.37. The average molecular weight is 253 g/mol. The van der Waals surface area contributed by atoms with Gasteiger partial charge in [0.1, 0.15) is 0 Å². The summed E-state index contributed by atoms with van der Waals surface area (Å²) in [6.45, 7) is 3.17. The van der Waals surface area contributed by atoms with Crippen molar-refractivity contribution < 1.29 is 9.47 Å². The molecule has 0 aliphatic carbocycles. The molecule has 0 bridgehead atoms. The van der Waals surface area contributed by atoms with Crippen LogP contribution in [0, 0.1) is 0 Å². The van der Waals surface area contributed by atoms with Crippen LogP contribution in [0.4, 0.5) is 5.95 Å². The molecule has 7 heteroatoms. The molecular weight excluding hydrogens is 234 g/mol. The van der Waals surface area contributed by atoms with Gasteiger partial charge in [-0.2, -0.15) is 9.97 Å². The number of nitrogens with zero attached hydrogens (tertiary/aromatic N) is 3. The lowest BCUT2D eigenvalue weighted by Crippen LogP contribution is -2.41. The van der Waals surface area contributed by atoms with E-state index in [-0.39, 0.29) is 12.0 Å². The van der Waals surface area contributed by atoms with E-state index in [0.29, 0.717) is 18.0 Å². The molecule has 100 valence electrons. The Morgan fingerprint density at radius 1 is 1.17 bits per heavy atom. The van der Waals surface area contributed by atoms with Crippen LogP contribution < -0.4 is 20.1 Å². The molecule has 1 aromatic rings. The fourth-order valence-corrected chi connectivity index (χ4v) is 2.03. The second kappa shape index (κ2) is 5.81.